The minimum Gasteiger partial charge on any atom is -0.511 e. The van der Waals surface area contributed by atoms with E-state index in [-0.39, 0.29) is 32.7 Å². The first-order chi connectivity index (χ1) is 5.83. The fraction of sp³-hybridized carbons (Fsp3) is 0.300. The molecular formula is C10H13NOY-2. The first kappa shape index (κ1) is 15.3. The quantitative estimate of drug-likeness (QED) is 0.635. The summed E-state index contributed by atoms with van der Waals surface area (Å²) in [6, 6.07) is 8.35. The van der Waals surface area contributed by atoms with Gasteiger partial charge in [-0.2, -0.15) is 17.7 Å². The van der Waals surface area contributed by atoms with Gasteiger partial charge < -0.3 is 10.1 Å². The van der Waals surface area contributed by atoms with Crippen LogP contribution in [-0.4, -0.2) is 6.41 Å². The van der Waals surface area contributed by atoms with E-state index in [9.17, 15) is 4.79 Å². The summed E-state index contributed by atoms with van der Waals surface area (Å²) in [4.78, 5) is 9.80. The second-order valence-corrected chi connectivity index (χ2v) is 2.01. The molecule has 1 aromatic rings. The molecule has 1 amide bonds. The van der Waals surface area contributed by atoms with Gasteiger partial charge in [-0.15, -0.1) is 0 Å². The Morgan fingerprint density at radius 2 is 2.00 bits per heavy atom. The van der Waals surface area contributed by atoms with E-state index in [1.54, 1.807) is 18.5 Å². The summed E-state index contributed by atoms with van der Waals surface area (Å²) in [5.41, 5.74) is 1.78. The predicted octanol–water partition coefficient (Wildman–Crippen LogP) is 2.30. The molecule has 69 valence electrons. The van der Waals surface area contributed by atoms with Crippen LogP contribution in [0.1, 0.15) is 19.4 Å². The fourth-order valence-electron chi connectivity index (χ4n) is 0.635. The van der Waals surface area contributed by atoms with Crippen molar-refractivity contribution in [2.75, 3.05) is 5.32 Å². The molecule has 3 heteroatoms. The number of carbonyl (C=O) groups excluding carboxylic acids is 1. The van der Waals surface area contributed by atoms with Gasteiger partial charge in [0.05, 0.1) is 6.41 Å². The van der Waals surface area contributed by atoms with Crippen LogP contribution in [0, 0.1) is 13.0 Å². The van der Waals surface area contributed by atoms with Crippen LogP contribution in [0.25, 0.3) is 0 Å². The number of rotatable bonds is 2. The van der Waals surface area contributed by atoms with E-state index in [4.69, 9.17) is 0 Å². The maximum atomic E-state index is 9.80. The average molecular weight is 252 g/mol. The number of nitrogens with one attached hydrogen (secondary N) is 1. The summed E-state index contributed by atoms with van der Waals surface area (Å²) in [5.74, 6) is 0. The summed E-state index contributed by atoms with van der Waals surface area (Å²) < 4.78 is 0. The van der Waals surface area contributed by atoms with Crippen molar-refractivity contribution in [3.63, 3.8) is 0 Å². The molecular weight excluding hydrogens is 239 g/mol. The van der Waals surface area contributed by atoms with Gasteiger partial charge in [0, 0.05) is 32.7 Å². The summed E-state index contributed by atoms with van der Waals surface area (Å²) in [5, 5.41) is 2.37. The Bertz CT molecular complexity index is 221. The zero-order chi connectivity index (χ0) is 9.40. The molecule has 0 aromatic heterocycles. The molecule has 13 heavy (non-hydrogen) atoms. The van der Waals surface area contributed by atoms with Gasteiger partial charge in [-0.25, -0.2) is 11.8 Å². The van der Waals surface area contributed by atoms with E-state index < -0.39 is 0 Å². The largest absolute Gasteiger partial charge is 0.511 e. The smallest absolute Gasteiger partial charge is 0.0677 e. The summed E-state index contributed by atoms with van der Waals surface area (Å²) in [7, 11) is 0. The summed E-state index contributed by atoms with van der Waals surface area (Å²) in [6.45, 7) is 5.96. The second kappa shape index (κ2) is 9.88. The van der Waals surface area contributed by atoms with Crippen LogP contribution in [0.15, 0.2) is 18.2 Å². The zero-order valence-corrected chi connectivity index (χ0v) is 11.1. The van der Waals surface area contributed by atoms with Crippen molar-refractivity contribution in [2.45, 2.75) is 20.8 Å². The maximum Gasteiger partial charge on any atom is 0.0677 e. The topological polar surface area (TPSA) is 29.1 Å². The molecule has 1 N–H and O–H groups in total. The van der Waals surface area contributed by atoms with E-state index in [0.717, 1.165) is 5.56 Å². The zero-order valence-electron chi connectivity index (χ0n) is 8.22. The number of aryl methyl sites for hydroxylation is 1. The Morgan fingerprint density at radius 3 is 2.38 bits per heavy atom. The third-order valence-corrected chi connectivity index (χ3v) is 1.15. The molecule has 0 aliphatic rings. The molecule has 0 bridgehead atoms. The molecule has 0 aliphatic carbocycles. The SMILES string of the molecule is CC.Cc1c[c-]c(N[C-]=O)cc1.[Y]. The van der Waals surface area contributed by atoms with Gasteiger partial charge in [0.15, 0.2) is 0 Å². The average Bonchev–Trinajstić information content (AvgIpc) is 2.13. The molecule has 1 rings (SSSR count). The van der Waals surface area contributed by atoms with Gasteiger partial charge in [0.2, 0.25) is 0 Å². The number of hydrogen-bond acceptors (Lipinski definition) is 1. The van der Waals surface area contributed by atoms with Crippen molar-refractivity contribution in [1.82, 2.24) is 0 Å². The van der Waals surface area contributed by atoms with Gasteiger partial charge in [0.25, 0.3) is 0 Å². The van der Waals surface area contributed by atoms with E-state index >= 15 is 0 Å². The van der Waals surface area contributed by atoms with Gasteiger partial charge >= 0.3 is 0 Å². The van der Waals surface area contributed by atoms with Gasteiger partial charge in [-0.05, 0) is 0 Å². The van der Waals surface area contributed by atoms with Crippen LogP contribution in [0.2, 0.25) is 0 Å². The first-order valence-electron chi connectivity index (χ1n) is 3.94. The number of benzene rings is 1. The minimum atomic E-state index is 0. The molecule has 0 saturated heterocycles. The molecule has 0 spiro atoms. The number of anilines is 1. The standard InChI is InChI=1S/C8H7NO.C2H6.Y/c1-7-2-4-8(5-3-7)9-6-10;1-2;/h2-4H,1H3,(H,9,10);1-2H3;/q-2;;. The van der Waals surface area contributed by atoms with E-state index in [0.29, 0.717) is 5.69 Å². The second-order valence-electron chi connectivity index (χ2n) is 2.01. The maximum absolute atomic E-state index is 9.80. The van der Waals surface area contributed by atoms with Crippen LogP contribution in [-0.2, 0) is 37.5 Å². The molecule has 0 aliphatic heterocycles. The summed E-state index contributed by atoms with van der Waals surface area (Å²) in [6.07, 6.45) is 1.57. The normalized spacial score (nSPS) is 7.31. The van der Waals surface area contributed by atoms with Crippen molar-refractivity contribution in [2.24, 2.45) is 0 Å². The Hall–Kier alpha value is -0.206. The van der Waals surface area contributed by atoms with Gasteiger partial charge in [0.1, 0.15) is 0 Å². The molecule has 1 radical (unpaired) electrons. The first-order valence-corrected chi connectivity index (χ1v) is 3.94. The molecule has 0 unspecified atom stereocenters. The molecule has 2 nitrogen and oxygen atoms in total. The van der Waals surface area contributed by atoms with Crippen molar-refractivity contribution >= 4 is 12.1 Å². The van der Waals surface area contributed by atoms with Crippen molar-refractivity contribution in [3.05, 3.63) is 29.8 Å². The van der Waals surface area contributed by atoms with Gasteiger partial charge in [-0.3, -0.25) is 6.07 Å². The molecule has 0 saturated carbocycles. The number of hydrogen-bond donors (Lipinski definition) is 1. The van der Waals surface area contributed by atoms with Crippen LogP contribution in [0.3, 0.4) is 0 Å². The van der Waals surface area contributed by atoms with Crippen LogP contribution >= 0.6 is 0 Å². The predicted molar refractivity (Wildman–Crippen MR) is 50.7 cm³/mol. The molecule has 0 fully saturated rings. The monoisotopic (exact) mass is 252 g/mol. The van der Waals surface area contributed by atoms with Crippen molar-refractivity contribution in [1.29, 1.82) is 0 Å². The van der Waals surface area contributed by atoms with Crippen LogP contribution < -0.4 is 5.32 Å². The van der Waals surface area contributed by atoms with Crippen molar-refractivity contribution in [3.8, 4) is 0 Å². The minimum absolute atomic E-state index is 0. The fourth-order valence-corrected chi connectivity index (χ4v) is 0.635. The Morgan fingerprint density at radius 1 is 1.38 bits per heavy atom. The Kier molecular flexibility index (Phi) is 11.6. The summed E-state index contributed by atoms with van der Waals surface area (Å²) >= 11 is 0. The Balaban J connectivity index is 0. The third-order valence-electron chi connectivity index (χ3n) is 1.15. The van der Waals surface area contributed by atoms with E-state index in [1.165, 1.54) is 0 Å². The molecule has 0 atom stereocenters. The third kappa shape index (κ3) is 6.91. The van der Waals surface area contributed by atoms with Gasteiger partial charge in [-0.1, -0.05) is 20.8 Å². The van der Waals surface area contributed by atoms with Crippen LogP contribution in [0.4, 0.5) is 5.69 Å². The van der Waals surface area contributed by atoms with E-state index in [1.807, 2.05) is 26.8 Å². The van der Waals surface area contributed by atoms with E-state index in [2.05, 4.69) is 11.4 Å². The van der Waals surface area contributed by atoms with Crippen molar-refractivity contribution < 1.29 is 37.5 Å². The molecule has 1 aromatic carbocycles. The molecule has 0 heterocycles. The van der Waals surface area contributed by atoms with Crippen LogP contribution in [0.5, 0.6) is 0 Å². The number of amides is 1. The Labute approximate surface area is 105 Å².